The Kier molecular flexibility index (Phi) is 3.53. The first-order valence-electron chi connectivity index (χ1n) is 5.58. The maximum atomic E-state index is 10.9. The first kappa shape index (κ1) is 12.0. The van der Waals surface area contributed by atoms with Crippen molar-refractivity contribution in [2.24, 2.45) is 5.16 Å². The summed E-state index contributed by atoms with van der Waals surface area (Å²) in [7, 11) is 0. The van der Waals surface area contributed by atoms with Crippen molar-refractivity contribution in [2.45, 2.75) is 6.92 Å². The number of hydrogen-bond acceptors (Lipinski definition) is 3. The number of hydrogen-bond donors (Lipinski definition) is 0. The highest BCUT2D eigenvalue weighted by Gasteiger charge is 2.01. The van der Waals surface area contributed by atoms with Gasteiger partial charge in [-0.15, -0.1) is 0 Å². The van der Waals surface area contributed by atoms with Crippen LogP contribution in [0.1, 0.15) is 12.5 Å². The zero-order valence-corrected chi connectivity index (χ0v) is 10.1. The first-order chi connectivity index (χ1) is 8.70. The van der Waals surface area contributed by atoms with Crippen molar-refractivity contribution in [3.05, 3.63) is 60.7 Å². The van der Waals surface area contributed by atoms with Crippen LogP contribution in [-0.4, -0.2) is 11.7 Å². The summed E-state index contributed by atoms with van der Waals surface area (Å²) in [5.74, 6) is -0.560. The Morgan fingerprint density at radius 1 is 1.22 bits per heavy atom. The van der Waals surface area contributed by atoms with Gasteiger partial charge in [-0.1, -0.05) is 48.1 Å². The average molecular weight is 239 g/mol. The van der Waals surface area contributed by atoms with Gasteiger partial charge in [-0.2, -0.15) is 0 Å². The molecule has 0 unspecified atom stereocenters. The molecule has 90 valence electrons. The lowest BCUT2D eigenvalue weighted by Gasteiger charge is -2.02. The van der Waals surface area contributed by atoms with Crippen LogP contribution >= 0.6 is 0 Å². The largest absolute Gasteiger partial charge is 0.358 e. The van der Waals surface area contributed by atoms with Gasteiger partial charge in [-0.05, 0) is 29.3 Å². The third-order valence-electron chi connectivity index (χ3n) is 2.61. The third kappa shape index (κ3) is 2.63. The van der Waals surface area contributed by atoms with Crippen molar-refractivity contribution >= 4 is 22.5 Å². The molecule has 0 bridgehead atoms. The number of carbonyl (C=O) groups is 1. The van der Waals surface area contributed by atoms with Crippen molar-refractivity contribution in [1.29, 1.82) is 0 Å². The molecule has 3 heteroatoms. The lowest BCUT2D eigenvalue weighted by atomic mass is 10.0. The van der Waals surface area contributed by atoms with Gasteiger partial charge < -0.3 is 4.84 Å². The van der Waals surface area contributed by atoms with Crippen molar-refractivity contribution < 1.29 is 9.63 Å². The second kappa shape index (κ2) is 5.27. The van der Waals surface area contributed by atoms with Gasteiger partial charge in [0.05, 0.1) is 5.71 Å². The molecule has 0 spiro atoms. The maximum Gasteiger partial charge on any atom is 0.358 e. The van der Waals surface area contributed by atoms with Crippen LogP contribution < -0.4 is 0 Å². The fraction of sp³-hybridized carbons (Fsp3) is 0.0667. The van der Waals surface area contributed by atoms with E-state index in [2.05, 4.69) is 16.6 Å². The number of carbonyl (C=O) groups excluding carboxylic acids is 1. The van der Waals surface area contributed by atoms with Gasteiger partial charge in [-0.25, -0.2) is 4.79 Å². The minimum atomic E-state index is -0.560. The normalized spacial score (nSPS) is 11.3. The summed E-state index contributed by atoms with van der Waals surface area (Å²) in [6.07, 6.45) is 1.08. The molecule has 0 aliphatic rings. The third-order valence-corrected chi connectivity index (χ3v) is 2.61. The van der Waals surface area contributed by atoms with Gasteiger partial charge in [0, 0.05) is 6.08 Å². The van der Waals surface area contributed by atoms with Crippen LogP contribution in [0.2, 0.25) is 0 Å². The Morgan fingerprint density at radius 3 is 2.67 bits per heavy atom. The van der Waals surface area contributed by atoms with Gasteiger partial charge in [0.2, 0.25) is 0 Å². The van der Waals surface area contributed by atoms with Crippen molar-refractivity contribution in [2.75, 3.05) is 0 Å². The highest BCUT2D eigenvalue weighted by molar-refractivity contribution is 6.02. The standard InChI is InChI=1S/C15H13NO2/c1-3-15(17)18-16-11(2)13-9-8-12-6-4-5-7-14(12)10-13/h3-10H,1H2,2H3. The Bertz CT molecular complexity index is 629. The molecule has 18 heavy (non-hydrogen) atoms. The van der Waals surface area contributed by atoms with Gasteiger partial charge in [0.1, 0.15) is 0 Å². The smallest absolute Gasteiger partial charge is 0.313 e. The van der Waals surface area contributed by atoms with E-state index in [9.17, 15) is 4.79 Å². The van der Waals surface area contributed by atoms with Crippen LogP contribution in [0.3, 0.4) is 0 Å². The minimum Gasteiger partial charge on any atom is -0.313 e. The van der Waals surface area contributed by atoms with E-state index >= 15 is 0 Å². The molecule has 2 aromatic rings. The van der Waals surface area contributed by atoms with E-state index in [0.717, 1.165) is 22.4 Å². The Morgan fingerprint density at radius 2 is 1.94 bits per heavy atom. The molecule has 0 saturated carbocycles. The zero-order valence-electron chi connectivity index (χ0n) is 10.1. The number of fused-ring (bicyclic) bond motifs is 1. The molecule has 0 N–H and O–H groups in total. The summed E-state index contributed by atoms with van der Waals surface area (Å²) in [6, 6.07) is 14.0. The molecule has 2 aromatic carbocycles. The molecular weight excluding hydrogens is 226 g/mol. The Hall–Kier alpha value is -2.42. The second-order valence-corrected chi connectivity index (χ2v) is 3.85. The minimum absolute atomic E-state index is 0.560. The molecule has 0 aliphatic carbocycles. The Balaban J connectivity index is 2.30. The number of rotatable bonds is 3. The van der Waals surface area contributed by atoms with Crippen LogP contribution in [0, 0.1) is 0 Å². The lowest BCUT2D eigenvalue weighted by Crippen LogP contribution is -2.00. The summed E-state index contributed by atoms with van der Waals surface area (Å²) in [5, 5.41) is 6.06. The van der Waals surface area contributed by atoms with Gasteiger partial charge in [0.15, 0.2) is 0 Å². The molecule has 0 radical (unpaired) electrons. The maximum absolute atomic E-state index is 10.9. The topological polar surface area (TPSA) is 38.7 Å². The van der Waals surface area contributed by atoms with E-state index in [4.69, 9.17) is 0 Å². The monoisotopic (exact) mass is 239 g/mol. The summed E-state index contributed by atoms with van der Waals surface area (Å²) in [4.78, 5) is 15.6. The fourth-order valence-corrected chi connectivity index (χ4v) is 1.62. The molecule has 0 aliphatic heterocycles. The molecule has 0 amide bonds. The molecule has 0 saturated heterocycles. The van der Waals surface area contributed by atoms with Gasteiger partial charge >= 0.3 is 5.97 Å². The van der Waals surface area contributed by atoms with Crippen molar-refractivity contribution in [3.8, 4) is 0 Å². The average Bonchev–Trinajstić information content (AvgIpc) is 2.43. The van der Waals surface area contributed by atoms with Crippen molar-refractivity contribution in [1.82, 2.24) is 0 Å². The second-order valence-electron chi connectivity index (χ2n) is 3.85. The van der Waals surface area contributed by atoms with Crippen LogP contribution in [0.25, 0.3) is 10.8 Å². The molecule has 0 heterocycles. The van der Waals surface area contributed by atoms with Gasteiger partial charge in [-0.3, -0.25) is 0 Å². The van der Waals surface area contributed by atoms with E-state index in [1.807, 2.05) is 42.5 Å². The van der Waals surface area contributed by atoms with Gasteiger partial charge in [0.25, 0.3) is 0 Å². The van der Waals surface area contributed by atoms with Crippen LogP contribution in [0.15, 0.2) is 60.3 Å². The highest BCUT2D eigenvalue weighted by atomic mass is 16.7. The molecule has 3 nitrogen and oxygen atoms in total. The summed E-state index contributed by atoms with van der Waals surface area (Å²) >= 11 is 0. The number of benzene rings is 2. The summed E-state index contributed by atoms with van der Waals surface area (Å²) in [5.41, 5.74) is 1.57. The predicted octanol–water partition coefficient (Wildman–Crippen LogP) is 3.29. The van der Waals surface area contributed by atoms with Crippen molar-refractivity contribution in [3.63, 3.8) is 0 Å². The first-order valence-corrected chi connectivity index (χ1v) is 5.58. The molecule has 0 fully saturated rings. The molecule has 0 aromatic heterocycles. The Labute approximate surface area is 105 Å². The quantitative estimate of drug-likeness (QED) is 0.357. The number of nitrogens with zero attached hydrogens (tertiary/aromatic N) is 1. The van der Waals surface area contributed by atoms with Crippen LogP contribution in [0.4, 0.5) is 0 Å². The number of oxime groups is 1. The zero-order chi connectivity index (χ0) is 13.0. The lowest BCUT2D eigenvalue weighted by molar-refractivity contribution is -0.137. The highest BCUT2D eigenvalue weighted by Crippen LogP contribution is 2.16. The van der Waals surface area contributed by atoms with Crippen LogP contribution in [-0.2, 0) is 9.63 Å². The van der Waals surface area contributed by atoms with E-state index in [-0.39, 0.29) is 0 Å². The summed E-state index contributed by atoms with van der Waals surface area (Å²) in [6.45, 7) is 5.10. The van der Waals surface area contributed by atoms with Crippen LogP contribution in [0.5, 0.6) is 0 Å². The molecule has 2 rings (SSSR count). The predicted molar refractivity (Wildman–Crippen MR) is 72.4 cm³/mol. The van der Waals surface area contributed by atoms with E-state index in [1.165, 1.54) is 0 Å². The molecular formula is C15H13NO2. The fourth-order valence-electron chi connectivity index (χ4n) is 1.62. The van der Waals surface area contributed by atoms with E-state index in [1.54, 1.807) is 6.92 Å². The van der Waals surface area contributed by atoms with E-state index in [0.29, 0.717) is 5.71 Å². The molecule has 0 atom stereocenters. The van der Waals surface area contributed by atoms with E-state index < -0.39 is 5.97 Å². The summed E-state index contributed by atoms with van der Waals surface area (Å²) < 4.78 is 0. The SMILES string of the molecule is C=CC(=O)ON=C(C)c1ccc2ccccc2c1.